The summed E-state index contributed by atoms with van der Waals surface area (Å²) in [5, 5.41) is 1.17. The van der Waals surface area contributed by atoms with E-state index >= 15 is 0 Å². The minimum absolute atomic E-state index is 0.611. The summed E-state index contributed by atoms with van der Waals surface area (Å²) in [6.45, 7) is 6.30. The molecule has 0 amide bonds. The van der Waals surface area contributed by atoms with Crippen LogP contribution < -0.4 is 10.6 Å². The largest absolute Gasteiger partial charge is 0.345 e. The van der Waals surface area contributed by atoms with Gasteiger partial charge in [-0.15, -0.1) is 11.3 Å². The Kier molecular flexibility index (Phi) is 3.82. The van der Waals surface area contributed by atoms with Crippen LogP contribution in [0.2, 0.25) is 0 Å². The molecule has 1 aromatic heterocycles. The van der Waals surface area contributed by atoms with E-state index in [1.165, 1.54) is 29.3 Å². The standard InChI is InChI=1S/C12H21N3S/c1-9(2)5-6-15(10-3-4-10)12-14-8-11(7-13)16-12/h8-10H,3-7,13H2,1-2H3. The Bertz CT molecular complexity index is 331. The van der Waals surface area contributed by atoms with Gasteiger partial charge in [0.05, 0.1) is 0 Å². The van der Waals surface area contributed by atoms with Crippen molar-refractivity contribution in [1.82, 2.24) is 4.98 Å². The van der Waals surface area contributed by atoms with E-state index in [1.807, 2.05) is 6.20 Å². The van der Waals surface area contributed by atoms with Crippen LogP contribution in [0.4, 0.5) is 5.13 Å². The lowest BCUT2D eigenvalue weighted by molar-refractivity contribution is 0.570. The molecule has 3 nitrogen and oxygen atoms in total. The van der Waals surface area contributed by atoms with Gasteiger partial charge < -0.3 is 10.6 Å². The number of anilines is 1. The Labute approximate surface area is 102 Å². The maximum atomic E-state index is 5.63. The van der Waals surface area contributed by atoms with Crippen molar-refractivity contribution in [2.45, 2.75) is 45.7 Å². The van der Waals surface area contributed by atoms with Gasteiger partial charge in [0.2, 0.25) is 0 Å². The van der Waals surface area contributed by atoms with Crippen LogP contribution in [0.3, 0.4) is 0 Å². The molecule has 0 atom stereocenters. The fourth-order valence-electron chi connectivity index (χ4n) is 1.74. The third kappa shape index (κ3) is 2.95. The maximum Gasteiger partial charge on any atom is 0.185 e. The predicted octanol–water partition coefficient (Wildman–Crippen LogP) is 2.62. The molecule has 0 radical (unpaired) electrons. The first kappa shape index (κ1) is 11.9. The van der Waals surface area contributed by atoms with E-state index in [4.69, 9.17) is 5.73 Å². The Morgan fingerprint density at radius 3 is 2.81 bits per heavy atom. The summed E-state index contributed by atoms with van der Waals surface area (Å²) < 4.78 is 0. The first-order chi connectivity index (χ1) is 7.70. The van der Waals surface area contributed by atoms with Crippen LogP contribution in [0, 0.1) is 5.92 Å². The molecule has 2 N–H and O–H groups in total. The van der Waals surface area contributed by atoms with Gasteiger partial charge in [-0.05, 0) is 25.2 Å². The van der Waals surface area contributed by atoms with Crippen LogP contribution in [-0.4, -0.2) is 17.6 Å². The van der Waals surface area contributed by atoms with E-state index in [2.05, 4.69) is 23.7 Å². The molecule has 0 aliphatic heterocycles. The second kappa shape index (κ2) is 5.15. The molecule has 90 valence electrons. The van der Waals surface area contributed by atoms with Gasteiger partial charge in [0.1, 0.15) is 0 Å². The summed E-state index contributed by atoms with van der Waals surface area (Å²) in [6, 6.07) is 0.746. The van der Waals surface area contributed by atoms with E-state index in [9.17, 15) is 0 Å². The minimum Gasteiger partial charge on any atom is -0.345 e. The van der Waals surface area contributed by atoms with E-state index in [0.717, 1.165) is 18.5 Å². The van der Waals surface area contributed by atoms with Gasteiger partial charge in [-0.1, -0.05) is 13.8 Å². The molecule has 2 rings (SSSR count). The Morgan fingerprint density at radius 2 is 2.31 bits per heavy atom. The lowest BCUT2D eigenvalue weighted by Gasteiger charge is -2.22. The number of nitrogens with zero attached hydrogens (tertiary/aromatic N) is 2. The van der Waals surface area contributed by atoms with Crippen molar-refractivity contribution in [3.05, 3.63) is 11.1 Å². The molecular weight excluding hydrogens is 218 g/mol. The lowest BCUT2D eigenvalue weighted by Crippen LogP contribution is -2.27. The van der Waals surface area contributed by atoms with Gasteiger partial charge in [0.15, 0.2) is 5.13 Å². The average Bonchev–Trinajstić information content (AvgIpc) is 2.96. The minimum atomic E-state index is 0.611. The molecule has 1 heterocycles. The van der Waals surface area contributed by atoms with Crippen molar-refractivity contribution < 1.29 is 0 Å². The number of hydrogen-bond donors (Lipinski definition) is 1. The number of thiazole rings is 1. The Morgan fingerprint density at radius 1 is 1.56 bits per heavy atom. The van der Waals surface area contributed by atoms with E-state index in [1.54, 1.807) is 11.3 Å². The van der Waals surface area contributed by atoms with Gasteiger partial charge in [-0.25, -0.2) is 4.98 Å². The predicted molar refractivity (Wildman–Crippen MR) is 69.8 cm³/mol. The zero-order valence-electron chi connectivity index (χ0n) is 10.1. The molecular formula is C12H21N3S. The van der Waals surface area contributed by atoms with Crippen molar-refractivity contribution in [2.75, 3.05) is 11.4 Å². The Balaban J connectivity index is 2.00. The molecule has 0 saturated heterocycles. The quantitative estimate of drug-likeness (QED) is 0.829. The van der Waals surface area contributed by atoms with Crippen LogP contribution in [0.25, 0.3) is 0 Å². The van der Waals surface area contributed by atoms with Crippen molar-refractivity contribution in [2.24, 2.45) is 11.7 Å². The highest BCUT2D eigenvalue weighted by Gasteiger charge is 2.30. The summed E-state index contributed by atoms with van der Waals surface area (Å²) >= 11 is 1.75. The smallest absolute Gasteiger partial charge is 0.185 e. The number of aromatic nitrogens is 1. The van der Waals surface area contributed by atoms with Crippen LogP contribution in [0.5, 0.6) is 0 Å². The molecule has 4 heteroatoms. The van der Waals surface area contributed by atoms with Crippen molar-refractivity contribution in [3.63, 3.8) is 0 Å². The first-order valence-corrected chi connectivity index (χ1v) is 6.93. The van der Waals surface area contributed by atoms with Crippen molar-refractivity contribution in [3.8, 4) is 0 Å². The normalized spacial score (nSPS) is 15.8. The van der Waals surface area contributed by atoms with Crippen LogP contribution >= 0.6 is 11.3 Å². The number of hydrogen-bond acceptors (Lipinski definition) is 4. The van der Waals surface area contributed by atoms with Crippen molar-refractivity contribution in [1.29, 1.82) is 0 Å². The summed E-state index contributed by atoms with van der Waals surface area (Å²) in [6.07, 6.45) is 5.82. The molecule has 1 saturated carbocycles. The fourth-order valence-corrected chi connectivity index (χ4v) is 2.63. The third-order valence-electron chi connectivity index (χ3n) is 2.92. The summed E-state index contributed by atoms with van der Waals surface area (Å²) in [5.74, 6) is 0.759. The van der Waals surface area contributed by atoms with E-state index < -0.39 is 0 Å². The summed E-state index contributed by atoms with van der Waals surface area (Å²) in [5.41, 5.74) is 5.63. The van der Waals surface area contributed by atoms with Gasteiger partial charge in [-0.2, -0.15) is 0 Å². The van der Waals surface area contributed by atoms with Crippen molar-refractivity contribution >= 4 is 16.5 Å². The molecule has 16 heavy (non-hydrogen) atoms. The third-order valence-corrected chi connectivity index (χ3v) is 3.98. The first-order valence-electron chi connectivity index (χ1n) is 6.12. The highest BCUT2D eigenvalue weighted by molar-refractivity contribution is 7.15. The topological polar surface area (TPSA) is 42.2 Å². The zero-order chi connectivity index (χ0) is 11.5. The molecule has 1 aliphatic rings. The zero-order valence-corrected chi connectivity index (χ0v) is 11.0. The van der Waals surface area contributed by atoms with E-state index in [-0.39, 0.29) is 0 Å². The Hall–Kier alpha value is -0.610. The molecule has 0 aromatic carbocycles. The number of nitrogens with two attached hydrogens (primary N) is 1. The van der Waals surface area contributed by atoms with Crippen LogP contribution in [0.1, 0.15) is 38.0 Å². The van der Waals surface area contributed by atoms with E-state index in [0.29, 0.717) is 6.54 Å². The summed E-state index contributed by atoms with van der Waals surface area (Å²) in [7, 11) is 0. The molecule has 0 spiro atoms. The molecule has 1 aromatic rings. The molecule has 1 fully saturated rings. The fraction of sp³-hybridized carbons (Fsp3) is 0.750. The molecule has 0 bridgehead atoms. The SMILES string of the molecule is CC(C)CCN(c1ncc(CN)s1)C1CC1. The van der Waals surface area contributed by atoms with Gasteiger partial charge >= 0.3 is 0 Å². The monoisotopic (exact) mass is 239 g/mol. The van der Waals surface area contributed by atoms with Crippen LogP contribution in [0.15, 0.2) is 6.20 Å². The highest BCUT2D eigenvalue weighted by atomic mass is 32.1. The number of rotatable bonds is 6. The second-order valence-corrected chi connectivity index (χ2v) is 6.01. The summed E-state index contributed by atoms with van der Waals surface area (Å²) in [4.78, 5) is 8.15. The second-order valence-electron chi connectivity index (χ2n) is 4.92. The molecule has 0 unspecified atom stereocenters. The molecule has 1 aliphatic carbocycles. The van der Waals surface area contributed by atoms with Gasteiger partial charge in [0, 0.05) is 30.2 Å². The highest BCUT2D eigenvalue weighted by Crippen LogP contribution is 2.34. The average molecular weight is 239 g/mol. The maximum absolute atomic E-state index is 5.63. The van der Waals surface area contributed by atoms with Crippen LogP contribution in [-0.2, 0) is 6.54 Å². The lowest BCUT2D eigenvalue weighted by atomic mass is 10.1. The van der Waals surface area contributed by atoms with Gasteiger partial charge in [-0.3, -0.25) is 0 Å². The van der Waals surface area contributed by atoms with Gasteiger partial charge in [0.25, 0.3) is 0 Å².